The predicted molar refractivity (Wildman–Crippen MR) is 237 cm³/mol. The Kier molecular flexibility index (Phi) is 23.4. The summed E-state index contributed by atoms with van der Waals surface area (Å²) in [6.07, 6.45) is 4.09. The van der Waals surface area contributed by atoms with E-state index in [1.54, 1.807) is 10.6 Å². The molecule has 12 heteroatoms. The molecule has 5 aromatic rings. The molecule has 0 saturated heterocycles. The molecule has 0 aromatic heterocycles. The first-order valence-corrected chi connectivity index (χ1v) is 21.7. The Morgan fingerprint density at radius 1 is 0.661 bits per heavy atom. The summed E-state index contributed by atoms with van der Waals surface area (Å²) in [6, 6.07) is 45.1. The standard InChI is InChI=1S/C28H29F4N2OP.C17H19P.2CH3.2FH.Fe/c1-19(33-27(35)34-22-16-20(18-29)15-21(17-22)28(30,31)32)25-13-8-14-26(25)36(23-9-4-2-5-10-23)24-11-6-3-7-12-24;1-3-9-15(10-4-1)18(17-13-7-8-14-17)16-11-5-2-6-12-16;;;;;/h2-7,9-12,15-17,19,25-26H,8,13-14,18H2,1H3,(H2,33,34,35);1-6,9-12,17H,7-8,13-14H2;2*1H3;2*1H;/q;;2*-1;;;+2/t19-,25?,26?;;;;;;/m1....../s1. The van der Waals surface area contributed by atoms with Gasteiger partial charge in [-0.25, -0.2) is 9.18 Å². The van der Waals surface area contributed by atoms with Gasteiger partial charge in [-0.1, -0.05) is 141 Å². The van der Waals surface area contributed by atoms with Crippen molar-refractivity contribution in [3.63, 3.8) is 0 Å². The summed E-state index contributed by atoms with van der Waals surface area (Å²) in [7, 11) is -0.811. The van der Waals surface area contributed by atoms with Crippen molar-refractivity contribution in [2.24, 2.45) is 5.92 Å². The van der Waals surface area contributed by atoms with Gasteiger partial charge in [-0.05, 0) is 111 Å². The quantitative estimate of drug-likeness (QED) is 0.0624. The van der Waals surface area contributed by atoms with E-state index in [4.69, 9.17) is 0 Å². The average Bonchev–Trinajstić information content (AvgIpc) is 3.90. The van der Waals surface area contributed by atoms with Crippen molar-refractivity contribution < 1.29 is 48.8 Å². The number of halogens is 6. The first-order valence-electron chi connectivity index (χ1n) is 18.8. The van der Waals surface area contributed by atoms with Crippen LogP contribution in [0.4, 0.5) is 37.5 Å². The van der Waals surface area contributed by atoms with Crippen LogP contribution in [0.3, 0.4) is 0 Å². The number of nitrogens with one attached hydrogen (secondary N) is 2. The van der Waals surface area contributed by atoms with Gasteiger partial charge in [-0.3, -0.25) is 9.41 Å². The van der Waals surface area contributed by atoms with Gasteiger partial charge in [0.1, 0.15) is 6.67 Å². The second-order valence-corrected chi connectivity index (χ2v) is 19.1. The third-order valence-corrected chi connectivity index (χ3v) is 16.4. The zero-order valence-corrected chi connectivity index (χ0v) is 36.6. The van der Waals surface area contributed by atoms with E-state index in [0.29, 0.717) is 5.66 Å². The fourth-order valence-electron chi connectivity index (χ4n) is 7.98. The van der Waals surface area contributed by atoms with E-state index in [9.17, 15) is 22.4 Å². The summed E-state index contributed by atoms with van der Waals surface area (Å²) in [5.74, 6) is 0.213. The molecule has 320 valence electrons. The fourth-order valence-corrected chi connectivity index (χ4v) is 14.3. The van der Waals surface area contributed by atoms with Crippen LogP contribution in [0.2, 0.25) is 0 Å². The number of carbonyl (C=O) groups is 1. The molecule has 2 N–H and O–H groups in total. The van der Waals surface area contributed by atoms with Gasteiger partial charge in [0.15, 0.2) is 0 Å². The third-order valence-electron chi connectivity index (χ3n) is 10.4. The maximum absolute atomic E-state index is 13.2. The molecule has 0 bridgehead atoms. The first kappa shape index (κ1) is 53.3. The van der Waals surface area contributed by atoms with Crippen LogP contribution in [0.25, 0.3) is 0 Å². The van der Waals surface area contributed by atoms with Crippen molar-refractivity contribution in [3.8, 4) is 0 Å². The van der Waals surface area contributed by atoms with Crippen LogP contribution in [0.5, 0.6) is 0 Å². The number of carbonyl (C=O) groups excluding carboxylic acids is 1. The Bertz CT molecular complexity index is 1830. The molecule has 5 aromatic carbocycles. The number of hydrogen-bond donors (Lipinski definition) is 2. The van der Waals surface area contributed by atoms with Crippen LogP contribution in [0, 0.1) is 20.8 Å². The van der Waals surface area contributed by atoms with Crippen molar-refractivity contribution in [1.82, 2.24) is 5.32 Å². The van der Waals surface area contributed by atoms with Crippen molar-refractivity contribution >= 4 is 48.8 Å². The summed E-state index contributed by atoms with van der Waals surface area (Å²) < 4.78 is 52.7. The molecule has 0 radical (unpaired) electrons. The molecule has 59 heavy (non-hydrogen) atoms. The van der Waals surface area contributed by atoms with Gasteiger partial charge in [-0.15, -0.1) is 0 Å². The fraction of sp³-hybridized carbons (Fsp3) is 0.298. The van der Waals surface area contributed by atoms with Gasteiger partial charge < -0.3 is 25.5 Å². The smallest absolute Gasteiger partial charge is 0.358 e. The molecule has 2 fully saturated rings. The molecule has 2 amide bonds. The molecule has 0 spiro atoms. The maximum Gasteiger partial charge on any atom is 2.00 e. The Morgan fingerprint density at radius 3 is 1.53 bits per heavy atom. The number of urea groups is 1. The SMILES string of the molecule is C[C@@H](NC(=O)Nc1cc(CF)cc(C(F)(F)F)c1)C1CCCC1P(c1ccccc1)c1ccccc1.F.F.[CH3-].[CH3-].[Fe+2].c1ccc(P(c2ccccc2)C2CCCC2)cc1. The summed E-state index contributed by atoms with van der Waals surface area (Å²) >= 11 is 0. The van der Waals surface area contributed by atoms with Crippen LogP contribution in [-0.2, 0) is 29.9 Å². The van der Waals surface area contributed by atoms with E-state index in [2.05, 4.69) is 95.6 Å². The van der Waals surface area contributed by atoms with Gasteiger partial charge in [0, 0.05) is 11.7 Å². The Hall–Kier alpha value is -3.67. The van der Waals surface area contributed by atoms with Gasteiger partial charge in [0.25, 0.3) is 0 Å². The first-order chi connectivity index (χ1) is 26.2. The molecule has 0 heterocycles. The van der Waals surface area contributed by atoms with Gasteiger partial charge in [0.05, 0.1) is 5.56 Å². The number of hydrogen-bond acceptors (Lipinski definition) is 1. The van der Waals surface area contributed by atoms with Crippen molar-refractivity contribution in [1.29, 1.82) is 0 Å². The summed E-state index contributed by atoms with van der Waals surface area (Å²) in [5, 5.41) is 11.1. The van der Waals surface area contributed by atoms with Crippen LogP contribution in [0.1, 0.15) is 63.0 Å². The predicted octanol–water partition coefficient (Wildman–Crippen LogP) is 12.3. The zero-order chi connectivity index (χ0) is 37.9. The van der Waals surface area contributed by atoms with Crippen molar-refractivity contribution in [2.75, 3.05) is 5.32 Å². The van der Waals surface area contributed by atoms with E-state index >= 15 is 0 Å². The molecule has 2 aliphatic rings. The largest absolute Gasteiger partial charge is 2.00 e. The number of alkyl halides is 4. The van der Waals surface area contributed by atoms with Crippen LogP contribution >= 0.6 is 15.8 Å². The summed E-state index contributed by atoms with van der Waals surface area (Å²) in [6.45, 7) is 0.897. The van der Waals surface area contributed by atoms with Crippen LogP contribution in [0.15, 0.2) is 140 Å². The number of amides is 2. The molecule has 7 rings (SSSR count). The molecule has 3 nitrogen and oxygen atoms in total. The maximum atomic E-state index is 13.2. The van der Waals surface area contributed by atoms with Gasteiger partial charge in [-0.2, -0.15) is 13.2 Å². The monoisotopic (exact) mass is 896 g/mol. The van der Waals surface area contributed by atoms with Crippen molar-refractivity contribution in [2.45, 2.75) is 82.1 Å². The minimum absolute atomic E-state index is 0. The number of anilines is 1. The zero-order valence-electron chi connectivity index (χ0n) is 33.7. The molecular weight excluding hydrogens is 840 g/mol. The number of rotatable bonds is 10. The molecule has 0 aliphatic heterocycles. The second kappa shape index (κ2) is 25.8. The summed E-state index contributed by atoms with van der Waals surface area (Å²) in [4.78, 5) is 12.8. The summed E-state index contributed by atoms with van der Waals surface area (Å²) in [5.41, 5.74) is 0.0335. The minimum Gasteiger partial charge on any atom is -0.358 e. The molecule has 2 aliphatic carbocycles. The van der Waals surface area contributed by atoms with E-state index in [0.717, 1.165) is 37.1 Å². The number of benzene rings is 5. The third kappa shape index (κ3) is 14.5. The normalized spacial score (nSPS) is 16.4. The molecule has 3 atom stereocenters. The minimum atomic E-state index is -4.63. The van der Waals surface area contributed by atoms with Crippen LogP contribution < -0.4 is 31.9 Å². The molecule has 2 unspecified atom stereocenters. The topological polar surface area (TPSA) is 41.1 Å². The Balaban J connectivity index is 0.000000644. The van der Waals surface area contributed by atoms with E-state index < -0.39 is 32.4 Å². The average molecular weight is 897 g/mol. The van der Waals surface area contributed by atoms with Crippen LogP contribution in [-0.4, -0.2) is 23.4 Å². The Labute approximate surface area is 360 Å². The van der Waals surface area contributed by atoms with E-state index in [1.807, 2.05) is 43.3 Å². The molecular formula is C47H56F6FeN2OP2. The van der Waals surface area contributed by atoms with Gasteiger partial charge >= 0.3 is 29.3 Å². The second-order valence-electron chi connectivity index (χ2n) is 14.1. The van der Waals surface area contributed by atoms with Crippen molar-refractivity contribution in [3.05, 3.63) is 166 Å². The molecule has 2 saturated carbocycles. The van der Waals surface area contributed by atoms with E-state index in [-0.39, 0.29) is 72.5 Å². The Morgan fingerprint density at radius 2 is 1.10 bits per heavy atom. The van der Waals surface area contributed by atoms with E-state index in [1.165, 1.54) is 42.4 Å². The van der Waals surface area contributed by atoms with Gasteiger partial charge in [0.2, 0.25) is 0 Å².